The zero-order valence-electron chi connectivity index (χ0n) is 11.5. The summed E-state index contributed by atoms with van der Waals surface area (Å²) in [6.07, 6.45) is 3.96. The van der Waals surface area contributed by atoms with E-state index in [9.17, 15) is 0 Å². The van der Waals surface area contributed by atoms with Crippen molar-refractivity contribution in [2.75, 3.05) is 6.61 Å². The van der Waals surface area contributed by atoms with Crippen molar-refractivity contribution in [3.05, 3.63) is 59.4 Å². The summed E-state index contributed by atoms with van der Waals surface area (Å²) in [6, 6.07) is 9.77. The zero-order valence-corrected chi connectivity index (χ0v) is 11.5. The first kappa shape index (κ1) is 14.1. The van der Waals surface area contributed by atoms with Crippen LogP contribution in [0, 0.1) is 18.8 Å². The molecular weight excluding hydrogens is 250 g/mol. The summed E-state index contributed by atoms with van der Waals surface area (Å²) in [5, 5.41) is 8.78. The van der Waals surface area contributed by atoms with Crippen LogP contribution in [0.4, 0.5) is 0 Å². The topological polar surface area (TPSA) is 42.4 Å². The fraction of sp³-hybridized carbons (Fsp3) is 0.235. The van der Waals surface area contributed by atoms with Crippen LogP contribution < -0.4 is 4.74 Å². The molecule has 0 amide bonds. The summed E-state index contributed by atoms with van der Waals surface area (Å²) in [4.78, 5) is 3.98. The van der Waals surface area contributed by atoms with E-state index in [2.05, 4.69) is 16.8 Å². The average Bonchev–Trinajstić information content (AvgIpc) is 2.48. The SMILES string of the molecule is Cc1ccc(OCc2ccncc2)c(C#CCCO)c1. The number of aromatic nitrogens is 1. The number of ether oxygens (including phenoxy) is 1. The van der Waals surface area contributed by atoms with E-state index in [1.165, 1.54) is 0 Å². The standard InChI is InChI=1S/C17H17NO2/c1-14-5-6-17(16(12-14)4-2-3-11-19)20-13-15-7-9-18-10-8-15/h5-10,12,19H,3,11,13H2,1H3. The molecule has 0 aliphatic heterocycles. The van der Waals surface area contributed by atoms with E-state index in [-0.39, 0.29) is 6.61 Å². The summed E-state index contributed by atoms with van der Waals surface area (Å²) in [5.41, 5.74) is 3.05. The lowest BCUT2D eigenvalue weighted by Gasteiger charge is -2.09. The van der Waals surface area contributed by atoms with Gasteiger partial charge in [0.2, 0.25) is 0 Å². The quantitative estimate of drug-likeness (QED) is 0.866. The van der Waals surface area contributed by atoms with E-state index in [1.807, 2.05) is 37.3 Å². The number of hydrogen-bond acceptors (Lipinski definition) is 3. The Hall–Kier alpha value is -2.31. The van der Waals surface area contributed by atoms with Crippen molar-refractivity contribution in [3.63, 3.8) is 0 Å². The highest BCUT2D eigenvalue weighted by Gasteiger charge is 2.02. The lowest BCUT2D eigenvalue weighted by molar-refractivity contribution is 0.304. The highest BCUT2D eigenvalue weighted by atomic mass is 16.5. The van der Waals surface area contributed by atoms with Crippen LogP contribution in [0.3, 0.4) is 0 Å². The molecule has 20 heavy (non-hydrogen) atoms. The summed E-state index contributed by atoms with van der Waals surface area (Å²) in [7, 11) is 0. The molecule has 0 fully saturated rings. The lowest BCUT2D eigenvalue weighted by Crippen LogP contribution is -1.97. The fourth-order valence-electron chi connectivity index (χ4n) is 1.72. The van der Waals surface area contributed by atoms with Crippen LogP contribution in [-0.2, 0) is 6.61 Å². The molecule has 1 heterocycles. The van der Waals surface area contributed by atoms with Crippen LogP contribution in [0.5, 0.6) is 5.75 Å². The predicted molar refractivity (Wildman–Crippen MR) is 78.3 cm³/mol. The van der Waals surface area contributed by atoms with E-state index in [1.54, 1.807) is 12.4 Å². The number of pyridine rings is 1. The first-order chi connectivity index (χ1) is 9.79. The molecule has 102 valence electrons. The van der Waals surface area contributed by atoms with Crippen LogP contribution in [-0.4, -0.2) is 16.7 Å². The van der Waals surface area contributed by atoms with Crippen LogP contribution in [0.25, 0.3) is 0 Å². The van der Waals surface area contributed by atoms with Gasteiger partial charge in [0.05, 0.1) is 12.2 Å². The molecule has 0 saturated carbocycles. The third kappa shape index (κ3) is 4.11. The molecule has 2 rings (SSSR count). The van der Waals surface area contributed by atoms with Crippen molar-refractivity contribution in [2.24, 2.45) is 0 Å². The Bertz CT molecular complexity index is 612. The molecule has 1 aromatic heterocycles. The largest absolute Gasteiger partial charge is 0.488 e. The highest BCUT2D eigenvalue weighted by Crippen LogP contribution is 2.20. The molecule has 0 unspecified atom stereocenters. The van der Waals surface area contributed by atoms with Gasteiger partial charge in [-0.2, -0.15) is 0 Å². The summed E-state index contributed by atoms with van der Waals surface area (Å²) < 4.78 is 5.82. The summed E-state index contributed by atoms with van der Waals surface area (Å²) in [5.74, 6) is 6.73. The molecule has 1 N–H and O–H groups in total. The van der Waals surface area contributed by atoms with E-state index < -0.39 is 0 Å². The van der Waals surface area contributed by atoms with Gasteiger partial charge in [0, 0.05) is 18.8 Å². The van der Waals surface area contributed by atoms with Gasteiger partial charge < -0.3 is 9.84 Å². The van der Waals surface area contributed by atoms with E-state index in [0.717, 1.165) is 22.4 Å². The van der Waals surface area contributed by atoms with Crippen molar-refractivity contribution in [1.82, 2.24) is 4.98 Å². The predicted octanol–water partition coefficient (Wildman–Crippen LogP) is 2.70. The monoisotopic (exact) mass is 267 g/mol. The number of nitrogens with zero attached hydrogens (tertiary/aromatic N) is 1. The van der Waals surface area contributed by atoms with Crippen molar-refractivity contribution in [1.29, 1.82) is 0 Å². The number of benzene rings is 1. The molecule has 2 aromatic rings. The van der Waals surface area contributed by atoms with Gasteiger partial charge in [0.25, 0.3) is 0 Å². The van der Waals surface area contributed by atoms with E-state index >= 15 is 0 Å². The molecule has 0 saturated heterocycles. The van der Waals surface area contributed by atoms with Crippen molar-refractivity contribution in [2.45, 2.75) is 20.0 Å². The zero-order chi connectivity index (χ0) is 14.2. The van der Waals surface area contributed by atoms with Crippen LogP contribution in [0.15, 0.2) is 42.7 Å². The van der Waals surface area contributed by atoms with Gasteiger partial charge in [0.1, 0.15) is 12.4 Å². The third-order valence-electron chi connectivity index (χ3n) is 2.74. The Morgan fingerprint density at radius 1 is 1.20 bits per heavy atom. The fourth-order valence-corrected chi connectivity index (χ4v) is 1.72. The molecule has 3 heteroatoms. The molecule has 0 bridgehead atoms. The van der Waals surface area contributed by atoms with Gasteiger partial charge in [0.15, 0.2) is 0 Å². The maximum absolute atomic E-state index is 8.78. The van der Waals surface area contributed by atoms with Gasteiger partial charge in [-0.1, -0.05) is 17.9 Å². The van der Waals surface area contributed by atoms with Crippen LogP contribution in [0.2, 0.25) is 0 Å². The number of aryl methyl sites for hydroxylation is 1. The van der Waals surface area contributed by atoms with E-state index in [0.29, 0.717) is 13.0 Å². The molecule has 0 spiro atoms. The van der Waals surface area contributed by atoms with Crippen LogP contribution >= 0.6 is 0 Å². The Balaban J connectivity index is 2.13. The highest BCUT2D eigenvalue weighted by molar-refractivity contribution is 5.48. The van der Waals surface area contributed by atoms with Gasteiger partial charge in [-0.05, 0) is 42.3 Å². The first-order valence-corrected chi connectivity index (χ1v) is 6.51. The van der Waals surface area contributed by atoms with Gasteiger partial charge >= 0.3 is 0 Å². The second kappa shape index (κ2) is 7.32. The normalized spacial score (nSPS) is 9.70. The van der Waals surface area contributed by atoms with Crippen molar-refractivity contribution in [3.8, 4) is 17.6 Å². The van der Waals surface area contributed by atoms with Gasteiger partial charge in [-0.25, -0.2) is 0 Å². The number of rotatable bonds is 4. The smallest absolute Gasteiger partial charge is 0.135 e. The molecular formula is C17H17NO2. The molecule has 0 aliphatic carbocycles. The number of aliphatic hydroxyl groups is 1. The molecule has 0 atom stereocenters. The Morgan fingerprint density at radius 2 is 2.00 bits per heavy atom. The van der Waals surface area contributed by atoms with E-state index in [4.69, 9.17) is 9.84 Å². The molecule has 1 aromatic carbocycles. The second-order valence-corrected chi connectivity index (χ2v) is 4.42. The Morgan fingerprint density at radius 3 is 2.75 bits per heavy atom. The molecule has 0 aliphatic rings. The summed E-state index contributed by atoms with van der Waals surface area (Å²) in [6.45, 7) is 2.58. The Kier molecular flexibility index (Phi) is 5.16. The van der Waals surface area contributed by atoms with Gasteiger partial charge in [-0.15, -0.1) is 0 Å². The number of hydrogen-bond donors (Lipinski definition) is 1. The summed E-state index contributed by atoms with van der Waals surface area (Å²) >= 11 is 0. The maximum atomic E-state index is 8.78. The minimum absolute atomic E-state index is 0.0754. The van der Waals surface area contributed by atoms with Crippen molar-refractivity contribution >= 4 is 0 Å². The van der Waals surface area contributed by atoms with Gasteiger partial charge in [-0.3, -0.25) is 4.98 Å². The third-order valence-corrected chi connectivity index (χ3v) is 2.74. The Labute approximate surface area is 119 Å². The lowest BCUT2D eigenvalue weighted by atomic mass is 10.1. The molecule has 3 nitrogen and oxygen atoms in total. The molecule has 0 radical (unpaired) electrons. The second-order valence-electron chi connectivity index (χ2n) is 4.42. The average molecular weight is 267 g/mol. The minimum Gasteiger partial charge on any atom is -0.488 e. The first-order valence-electron chi connectivity index (χ1n) is 6.51. The minimum atomic E-state index is 0.0754. The number of aliphatic hydroxyl groups excluding tert-OH is 1. The van der Waals surface area contributed by atoms with Crippen molar-refractivity contribution < 1.29 is 9.84 Å². The van der Waals surface area contributed by atoms with Crippen LogP contribution in [0.1, 0.15) is 23.1 Å². The maximum Gasteiger partial charge on any atom is 0.135 e.